The second kappa shape index (κ2) is 8.34. The van der Waals surface area contributed by atoms with Crippen molar-refractivity contribution >= 4 is 22.6 Å². The largest absolute Gasteiger partial charge is 0.416 e. The second-order valence-electron chi connectivity index (χ2n) is 8.22. The quantitative estimate of drug-likeness (QED) is 0.577. The molecule has 0 unspecified atom stereocenters. The van der Waals surface area contributed by atoms with Gasteiger partial charge in [-0.05, 0) is 57.4 Å². The highest BCUT2D eigenvalue weighted by Gasteiger charge is 2.36. The van der Waals surface area contributed by atoms with E-state index in [1.807, 2.05) is 38.4 Å². The summed E-state index contributed by atoms with van der Waals surface area (Å²) in [5, 5.41) is 0. The number of amides is 1. The molecule has 1 aromatic heterocycles. The molecule has 0 radical (unpaired) electrons. The third-order valence-electron chi connectivity index (χ3n) is 5.65. The molecule has 4 rings (SSSR count). The number of hydrogen-bond donors (Lipinski definition) is 0. The highest BCUT2D eigenvalue weighted by molar-refractivity contribution is 5.96. The molecule has 1 amide bonds. The van der Waals surface area contributed by atoms with E-state index >= 15 is 0 Å². The van der Waals surface area contributed by atoms with Crippen LogP contribution in [0.4, 0.5) is 18.9 Å². The van der Waals surface area contributed by atoms with Gasteiger partial charge in [-0.1, -0.05) is 18.2 Å². The number of carbonyl (C=O) groups is 1. The summed E-state index contributed by atoms with van der Waals surface area (Å²) in [5.74, 6) is 0.466. The summed E-state index contributed by atoms with van der Waals surface area (Å²) in [5.41, 5.74) is 1.41. The van der Waals surface area contributed by atoms with Crippen LogP contribution in [0.25, 0.3) is 11.0 Å². The van der Waals surface area contributed by atoms with Crippen LogP contribution in [-0.4, -0.2) is 47.5 Å². The van der Waals surface area contributed by atoms with Crippen molar-refractivity contribution in [2.75, 3.05) is 32.1 Å². The summed E-state index contributed by atoms with van der Waals surface area (Å²) < 4.78 is 41.5. The van der Waals surface area contributed by atoms with E-state index in [0.717, 1.165) is 48.5 Å². The lowest BCUT2D eigenvalue weighted by molar-refractivity contribution is -0.137. The van der Waals surface area contributed by atoms with Crippen LogP contribution in [0, 0.1) is 0 Å². The van der Waals surface area contributed by atoms with Crippen LogP contribution in [0.1, 0.15) is 30.1 Å². The molecule has 1 aliphatic rings. The summed E-state index contributed by atoms with van der Waals surface area (Å²) in [6, 6.07) is 12.8. The molecule has 164 valence electrons. The fraction of sp³-hybridized carbons (Fsp3) is 0.391. The first-order valence-electron chi connectivity index (χ1n) is 10.3. The normalized spacial score (nSPS) is 17.3. The number of benzene rings is 2. The van der Waals surface area contributed by atoms with E-state index in [9.17, 15) is 18.0 Å². The predicted octanol–water partition coefficient (Wildman–Crippen LogP) is 4.53. The number of alkyl halides is 3. The summed E-state index contributed by atoms with van der Waals surface area (Å²) >= 11 is 0. The van der Waals surface area contributed by atoms with E-state index in [2.05, 4.69) is 9.47 Å². The molecule has 0 spiro atoms. The Balaban J connectivity index is 1.63. The van der Waals surface area contributed by atoms with Crippen molar-refractivity contribution in [3.05, 3.63) is 59.9 Å². The smallest absolute Gasteiger partial charge is 0.328 e. The lowest BCUT2D eigenvalue weighted by atomic mass is 10.1. The van der Waals surface area contributed by atoms with Gasteiger partial charge in [0.25, 0.3) is 0 Å². The lowest BCUT2D eigenvalue weighted by Gasteiger charge is -2.19. The maximum atomic E-state index is 13.1. The summed E-state index contributed by atoms with van der Waals surface area (Å²) in [6.07, 6.45) is -3.29. The van der Waals surface area contributed by atoms with Crippen LogP contribution >= 0.6 is 0 Å². The minimum absolute atomic E-state index is 0.172. The molecule has 31 heavy (non-hydrogen) atoms. The fourth-order valence-corrected chi connectivity index (χ4v) is 4.17. The Morgan fingerprint density at radius 1 is 1.13 bits per heavy atom. The highest BCUT2D eigenvalue weighted by atomic mass is 19.4. The number of nitrogens with zero attached hydrogens (tertiary/aromatic N) is 4. The van der Waals surface area contributed by atoms with Gasteiger partial charge >= 0.3 is 6.18 Å². The average molecular weight is 430 g/mol. The maximum Gasteiger partial charge on any atom is 0.416 e. The molecule has 1 fully saturated rings. The number of aromatic nitrogens is 2. The topological polar surface area (TPSA) is 41.4 Å². The van der Waals surface area contributed by atoms with Gasteiger partial charge in [-0.15, -0.1) is 0 Å². The molecule has 0 bridgehead atoms. The van der Waals surface area contributed by atoms with Crippen molar-refractivity contribution in [3.63, 3.8) is 0 Å². The van der Waals surface area contributed by atoms with Crippen molar-refractivity contribution in [2.24, 2.45) is 0 Å². The molecule has 0 aliphatic carbocycles. The SMILES string of the molecule is CN(C)CCCn1c([C@@H]2CC(=O)N(c3cccc(C(F)(F)F)c3)C2)nc2ccccc21. The molecular formula is C23H25F3N4O. The van der Waals surface area contributed by atoms with E-state index in [4.69, 9.17) is 4.98 Å². The van der Waals surface area contributed by atoms with Crippen LogP contribution in [0.3, 0.4) is 0 Å². The first-order valence-corrected chi connectivity index (χ1v) is 10.3. The van der Waals surface area contributed by atoms with Gasteiger partial charge in [0.1, 0.15) is 5.82 Å². The zero-order valence-corrected chi connectivity index (χ0v) is 17.6. The Hall–Kier alpha value is -2.87. The van der Waals surface area contributed by atoms with Gasteiger partial charge in [-0.2, -0.15) is 13.2 Å². The molecule has 2 aromatic carbocycles. The van der Waals surface area contributed by atoms with E-state index in [1.54, 1.807) is 6.07 Å². The van der Waals surface area contributed by atoms with E-state index in [1.165, 1.54) is 11.0 Å². The van der Waals surface area contributed by atoms with Crippen molar-refractivity contribution in [1.29, 1.82) is 0 Å². The minimum atomic E-state index is -4.45. The van der Waals surface area contributed by atoms with Crippen LogP contribution < -0.4 is 4.90 Å². The first-order chi connectivity index (χ1) is 14.7. The van der Waals surface area contributed by atoms with Gasteiger partial charge in [-0.25, -0.2) is 4.98 Å². The molecule has 8 heteroatoms. The van der Waals surface area contributed by atoms with Gasteiger partial charge in [0.2, 0.25) is 5.91 Å². The number of imidazole rings is 1. The Morgan fingerprint density at radius 2 is 1.90 bits per heavy atom. The molecule has 1 saturated heterocycles. The zero-order valence-electron chi connectivity index (χ0n) is 17.6. The highest BCUT2D eigenvalue weighted by Crippen LogP contribution is 2.36. The predicted molar refractivity (Wildman–Crippen MR) is 114 cm³/mol. The van der Waals surface area contributed by atoms with Crippen molar-refractivity contribution in [3.8, 4) is 0 Å². The number of hydrogen-bond acceptors (Lipinski definition) is 3. The van der Waals surface area contributed by atoms with Gasteiger partial charge in [0.15, 0.2) is 0 Å². The Labute approximate surface area is 179 Å². The van der Waals surface area contributed by atoms with Crippen molar-refractivity contribution in [1.82, 2.24) is 14.5 Å². The molecule has 1 aliphatic heterocycles. The zero-order chi connectivity index (χ0) is 22.2. The molecule has 0 saturated carbocycles. The summed E-state index contributed by atoms with van der Waals surface area (Å²) in [4.78, 5) is 21.1. The molecule has 0 N–H and O–H groups in total. The Bertz CT molecular complexity index is 1090. The summed E-state index contributed by atoms with van der Waals surface area (Å²) in [6.45, 7) is 2.01. The monoisotopic (exact) mass is 430 g/mol. The van der Waals surface area contributed by atoms with Gasteiger partial charge < -0.3 is 14.4 Å². The van der Waals surface area contributed by atoms with E-state index < -0.39 is 11.7 Å². The van der Waals surface area contributed by atoms with Crippen molar-refractivity contribution < 1.29 is 18.0 Å². The third kappa shape index (κ3) is 4.44. The molecular weight excluding hydrogens is 405 g/mol. The summed E-state index contributed by atoms with van der Waals surface area (Å²) in [7, 11) is 4.05. The average Bonchev–Trinajstić information content (AvgIpc) is 3.28. The van der Waals surface area contributed by atoms with Crippen LogP contribution in [0.15, 0.2) is 48.5 Å². The number of halogens is 3. The van der Waals surface area contributed by atoms with Crippen LogP contribution in [-0.2, 0) is 17.5 Å². The van der Waals surface area contributed by atoms with Gasteiger partial charge in [-0.3, -0.25) is 4.79 Å². The number of para-hydroxylation sites is 2. The molecule has 3 aromatic rings. The molecule has 2 heterocycles. The van der Waals surface area contributed by atoms with E-state index in [-0.39, 0.29) is 23.9 Å². The number of carbonyl (C=O) groups excluding carboxylic acids is 1. The number of anilines is 1. The van der Waals surface area contributed by atoms with Gasteiger partial charge in [0.05, 0.1) is 16.6 Å². The molecule has 5 nitrogen and oxygen atoms in total. The second-order valence-corrected chi connectivity index (χ2v) is 8.22. The van der Waals surface area contributed by atoms with Gasteiger partial charge in [0, 0.05) is 31.1 Å². The number of fused-ring (bicyclic) bond motifs is 1. The van der Waals surface area contributed by atoms with Crippen molar-refractivity contribution in [2.45, 2.75) is 31.5 Å². The van der Waals surface area contributed by atoms with Crippen LogP contribution in [0.2, 0.25) is 0 Å². The Kier molecular flexibility index (Phi) is 5.75. The first kappa shape index (κ1) is 21.4. The van der Waals surface area contributed by atoms with E-state index in [0.29, 0.717) is 6.54 Å². The third-order valence-corrected chi connectivity index (χ3v) is 5.65. The lowest BCUT2D eigenvalue weighted by Crippen LogP contribution is -2.25. The fourth-order valence-electron chi connectivity index (χ4n) is 4.17. The minimum Gasteiger partial charge on any atom is -0.328 e. The maximum absolute atomic E-state index is 13.1. The Morgan fingerprint density at radius 3 is 2.65 bits per heavy atom. The standard InChI is InChI=1S/C23H25F3N4O/c1-28(2)11-6-12-29-20-10-4-3-9-19(20)27-22(29)16-13-21(31)30(15-16)18-8-5-7-17(14-18)23(24,25)26/h3-5,7-10,14,16H,6,11-13,15H2,1-2H3/t16-/m1/s1. The molecule has 1 atom stereocenters. The number of aryl methyl sites for hydroxylation is 1. The van der Waals surface area contributed by atoms with Crippen LogP contribution in [0.5, 0.6) is 0 Å². The number of rotatable bonds is 6.